The minimum absolute atomic E-state index is 0.0620. The summed E-state index contributed by atoms with van der Waals surface area (Å²) in [6.07, 6.45) is 1.67. The molecule has 1 N–H and O–H groups in total. The molecule has 7 heteroatoms. The lowest BCUT2D eigenvalue weighted by molar-refractivity contribution is -0.118. The Balaban J connectivity index is 1.47. The summed E-state index contributed by atoms with van der Waals surface area (Å²) in [6.45, 7) is 7.02. The van der Waals surface area contributed by atoms with Crippen LogP contribution in [0.15, 0.2) is 53.9 Å². The molecule has 1 amide bonds. The number of carbonyl (C=O) groups excluding carboxylic acids is 1. The van der Waals surface area contributed by atoms with Gasteiger partial charge in [0.2, 0.25) is 5.91 Å². The summed E-state index contributed by atoms with van der Waals surface area (Å²) in [7, 11) is 0. The number of amides is 1. The Kier molecular flexibility index (Phi) is 6.71. The Bertz CT molecular complexity index is 955. The van der Waals surface area contributed by atoms with E-state index in [9.17, 15) is 4.79 Å². The maximum Gasteiger partial charge on any atom is 0.230 e. The molecule has 2 aromatic carbocycles. The lowest BCUT2D eigenvalue weighted by Gasteiger charge is -2.10. The van der Waals surface area contributed by atoms with Gasteiger partial charge in [-0.2, -0.15) is 0 Å². The van der Waals surface area contributed by atoms with Crippen LogP contribution in [0.4, 0.5) is 0 Å². The SMILES string of the molecule is Cc1cccc(OCCNC(=O)CSc2nncn2-c2ccc(C)cc2C)c1. The Hall–Kier alpha value is -2.80. The maximum absolute atomic E-state index is 12.1. The molecule has 0 saturated carbocycles. The lowest BCUT2D eigenvalue weighted by Crippen LogP contribution is -2.29. The van der Waals surface area contributed by atoms with E-state index in [0.717, 1.165) is 22.6 Å². The molecule has 0 fully saturated rings. The van der Waals surface area contributed by atoms with Crippen molar-refractivity contribution in [3.05, 3.63) is 65.5 Å². The van der Waals surface area contributed by atoms with E-state index < -0.39 is 0 Å². The zero-order valence-corrected chi connectivity index (χ0v) is 17.1. The van der Waals surface area contributed by atoms with E-state index >= 15 is 0 Å². The number of aryl methyl sites for hydroxylation is 3. The van der Waals surface area contributed by atoms with Crippen LogP contribution in [0.5, 0.6) is 5.75 Å². The molecule has 1 aromatic heterocycles. The van der Waals surface area contributed by atoms with Crippen molar-refractivity contribution < 1.29 is 9.53 Å². The van der Waals surface area contributed by atoms with Crippen molar-refractivity contribution in [2.24, 2.45) is 0 Å². The number of thioether (sulfide) groups is 1. The molecule has 0 aliphatic rings. The van der Waals surface area contributed by atoms with E-state index in [1.54, 1.807) is 6.33 Å². The number of carbonyl (C=O) groups is 1. The van der Waals surface area contributed by atoms with E-state index in [4.69, 9.17) is 4.74 Å². The van der Waals surface area contributed by atoms with Gasteiger partial charge in [-0.3, -0.25) is 9.36 Å². The Morgan fingerprint density at radius 3 is 2.75 bits per heavy atom. The van der Waals surface area contributed by atoms with Crippen molar-refractivity contribution in [1.29, 1.82) is 0 Å². The van der Waals surface area contributed by atoms with Gasteiger partial charge in [0.1, 0.15) is 18.7 Å². The molecule has 6 nitrogen and oxygen atoms in total. The van der Waals surface area contributed by atoms with Crippen molar-refractivity contribution >= 4 is 17.7 Å². The second-order valence-corrected chi connectivity index (χ2v) is 7.52. The number of nitrogens with zero attached hydrogens (tertiary/aromatic N) is 3. The van der Waals surface area contributed by atoms with Gasteiger partial charge in [0.05, 0.1) is 18.0 Å². The summed E-state index contributed by atoms with van der Waals surface area (Å²) in [6, 6.07) is 14.1. The van der Waals surface area contributed by atoms with Crippen molar-refractivity contribution in [2.75, 3.05) is 18.9 Å². The molecule has 0 saturated heterocycles. The number of hydrogen-bond donors (Lipinski definition) is 1. The fourth-order valence-electron chi connectivity index (χ4n) is 2.81. The quantitative estimate of drug-likeness (QED) is 0.466. The highest BCUT2D eigenvalue weighted by Crippen LogP contribution is 2.22. The number of rotatable bonds is 8. The Labute approximate surface area is 169 Å². The largest absolute Gasteiger partial charge is 0.492 e. The zero-order valence-electron chi connectivity index (χ0n) is 16.3. The number of ether oxygens (including phenoxy) is 1. The standard InChI is InChI=1S/C21H24N4O2S/c1-15-5-4-6-18(12-15)27-10-9-22-20(26)13-28-21-24-23-14-25(21)19-8-7-16(2)11-17(19)3/h4-8,11-12,14H,9-10,13H2,1-3H3,(H,22,26). The summed E-state index contributed by atoms with van der Waals surface area (Å²) >= 11 is 1.36. The third-order valence-electron chi connectivity index (χ3n) is 4.14. The van der Waals surface area contributed by atoms with E-state index in [0.29, 0.717) is 18.3 Å². The topological polar surface area (TPSA) is 69.0 Å². The van der Waals surface area contributed by atoms with Crippen LogP contribution in [0.2, 0.25) is 0 Å². The maximum atomic E-state index is 12.1. The van der Waals surface area contributed by atoms with Crippen molar-refractivity contribution in [2.45, 2.75) is 25.9 Å². The average Bonchev–Trinajstić information content (AvgIpc) is 3.12. The van der Waals surface area contributed by atoms with Crippen LogP contribution in [-0.2, 0) is 4.79 Å². The summed E-state index contributed by atoms with van der Waals surface area (Å²) in [5.41, 5.74) is 4.51. The van der Waals surface area contributed by atoms with Crippen molar-refractivity contribution in [3.63, 3.8) is 0 Å². The first-order valence-electron chi connectivity index (χ1n) is 9.09. The van der Waals surface area contributed by atoms with Crippen LogP contribution >= 0.6 is 11.8 Å². The van der Waals surface area contributed by atoms with Gasteiger partial charge in [-0.15, -0.1) is 10.2 Å². The average molecular weight is 397 g/mol. The normalized spacial score (nSPS) is 10.7. The predicted octanol–water partition coefficient (Wildman–Crippen LogP) is 3.48. The monoisotopic (exact) mass is 396 g/mol. The summed E-state index contributed by atoms with van der Waals surface area (Å²) in [4.78, 5) is 12.1. The van der Waals surface area contributed by atoms with E-state index in [2.05, 4.69) is 41.5 Å². The Morgan fingerprint density at radius 1 is 1.14 bits per heavy atom. The van der Waals surface area contributed by atoms with Crippen LogP contribution < -0.4 is 10.1 Å². The van der Waals surface area contributed by atoms with Gasteiger partial charge in [-0.05, 0) is 50.1 Å². The third-order valence-corrected chi connectivity index (χ3v) is 5.09. The van der Waals surface area contributed by atoms with Crippen LogP contribution in [-0.4, -0.2) is 39.6 Å². The molecule has 0 radical (unpaired) electrons. The van der Waals surface area contributed by atoms with Crippen LogP contribution in [0.3, 0.4) is 0 Å². The van der Waals surface area contributed by atoms with Gasteiger partial charge >= 0.3 is 0 Å². The van der Waals surface area contributed by atoms with Gasteiger partial charge in [0, 0.05) is 0 Å². The van der Waals surface area contributed by atoms with Gasteiger partial charge in [-0.1, -0.05) is 41.6 Å². The molecule has 0 aliphatic heterocycles. The molecule has 28 heavy (non-hydrogen) atoms. The van der Waals surface area contributed by atoms with Gasteiger partial charge in [0.15, 0.2) is 5.16 Å². The van der Waals surface area contributed by atoms with Crippen molar-refractivity contribution in [1.82, 2.24) is 20.1 Å². The van der Waals surface area contributed by atoms with Crippen LogP contribution in [0.25, 0.3) is 5.69 Å². The number of aromatic nitrogens is 3. The highest BCUT2D eigenvalue weighted by molar-refractivity contribution is 7.99. The highest BCUT2D eigenvalue weighted by Gasteiger charge is 2.11. The molecule has 3 rings (SSSR count). The molecular formula is C21H24N4O2S. The van der Waals surface area contributed by atoms with Crippen LogP contribution in [0, 0.1) is 20.8 Å². The first-order valence-corrected chi connectivity index (χ1v) is 10.1. The van der Waals surface area contributed by atoms with Gasteiger partial charge < -0.3 is 10.1 Å². The second kappa shape index (κ2) is 9.41. The summed E-state index contributed by atoms with van der Waals surface area (Å²) < 4.78 is 7.55. The molecule has 0 atom stereocenters. The smallest absolute Gasteiger partial charge is 0.230 e. The number of nitrogens with one attached hydrogen (secondary N) is 1. The Morgan fingerprint density at radius 2 is 1.96 bits per heavy atom. The van der Waals surface area contributed by atoms with Crippen molar-refractivity contribution in [3.8, 4) is 11.4 Å². The molecular weight excluding hydrogens is 372 g/mol. The molecule has 146 valence electrons. The molecule has 0 aliphatic carbocycles. The summed E-state index contributed by atoms with van der Waals surface area (Å²) in [5.74, 6) is 1.02. The molecule has 0 bridgehead atoms. The minimum Gasteiger partial charge on any atom is -0.492 e. The van der Waals surface area contributed by atoms with Gasteiger partial charge in [0.25, 0.3) is 0 Å². The van der Waals surface area contributed by atoms with Gasteiger partial charge in [-0.25, -0.2) is 0 Å². The molecule has 0 spiro atoms. The molecule has 1 heterocycles. The summed E-state index contributed by atoms with van der Waals surface area (Å²) in [5, 5.41) is 11.7. The highest BCUT2D eigenvalue weighted by atomic mass is 32.2. The number of benzene rings is 2. The van der Waals surface area contributed by atoms with E-state index in [-0.39, 0.29) is 11.7 Å². The first-order chi connectivity index (χ1) is 13.5. The predicted molar refractivity (Wildman–Crippen MR) is 111 cm³/mol. The first kappa shape index (κ1) is 19.9. The fourth-order valence-corrected chi connectivity index (χ4v) is 3.56. The van der Waals surface area contributed by atoms with Crippen LogP contribution in [0.1, 0.15) is 16.7 Å². The molecule has 3 aromatic rings. The van der Waals surface area contributed by atoms with E-state index in [1.165, 1.54) is 17.3 Å². The minimum atomic E-state index is -0.0620. The zero-order chi connectivity index (χ0) is 19.9. The fraction of sp³-hybridized carbons (Fsp3) is 0.286. The van der Waals surface area contributed by atoms with E-state index in [1.807, 2.05) is 41.8 Å². The molecule has 0 unspecified atom stereocenters. The lowest BCUT2D eigenvalue weighted by atomic mass is 10.1. The number of hydrogen-bond acceptors (Lipinski definition) is 5. The third kappa shape index (κ3) is 5.36. The second-order valence-electron chi connectivity index (χ2n) is 6.58.